The quantitative estimate of drug-likeness (QED) is 0.712. The topological polar surface area (TPSA) is 30.2 Å². The number of aromatic nitrogens is 2. The number of hydrogen-bond acceptors (Lipinski definition) is 2. The van der Waals surface area contributed by atoms with Crippen LogP contribution in [-0.2, 0) is 7.05 Å². The molecule has 1 aliphatic heterocycles. The van der Waals surface area contributed by atoms with Crippen molar-refractivity contribution in [1.82, 2.24) is 9.55 Å². The Bertz CT molecular complexity index is 590. The van der Waals surface area contributed by atoms with Gasteiger partial charge in [-0.25, -0.2) is 4.98 Å². The Morgan fingerprint density at radius 3 is 3.06 bits per heavy atom. The monoisotopic (exact) mass is 211 g/mol. The Morgan fingerprint density at radius 1 is 1.31 bits per heavy atom. The van der Waals surface area contributed by atoms with Crippen LogP contribution in [0.3, 0.4) is 0 Å². The van der Waals surface area contributed by atoms with Crippen molar-refractivity contribution in [1.29, 1.82) is 0 Å². The van der Waals surface area contributed by atoms with E-state index < -0.39 is 0 Å². The smallest absolute Gasteiger partial charge is 0.0955 e. The standard InChI is InChI=1S/C13H13N3/c1-16-9-15-12-3-2-11(8-13(12)16)10-4-6-14-7-5-10/h2-4,7-9H,5-6H2,1H3. The second-order valence-electron chi connectivity index (χ2n) is 4.04. The van der Waals surface area contributed by atoms with Crippen LogP contribution < -0.4 is 0 Å². The fourth-order valence-corrected chi connectivity index (χ4v) is 2.05. The van der Waals surface area contributed by atoms with E-state index in [4.69, 9.17) is 0 Å². The van der Waals surface area contributed by atoms with Crippen molar-refractivity contribution in [3.63, 3.8) is 0 Å². The van der Waals surface area contributed by atoms with Gasteiger partial charge in [-0.05, 0) is 23.3 Å². The zero-order chi connectivity index (χ0) is 11.0. The van der Waals surface area contributed by atoms with Gasteiger partial charge in [0, 0.05) is 19.7 Å². The van der Waals surface area contributed by atoms with E-state index in [2.05, 4.69) is 38.8 Å². The summed E-state index contributed by atoms with van der Waals surface area (Å²) >= 11 is 0. The van der Waals surface area contributed by atoms with E-state index in [9.17, 15) is 0 Å². The normalized spacial score (nSPS) is 15.4. The van der Waals surface area contributed by atoms with Crippen LogP contribution in [0.1, 0.15) is 12.0 Å². The third kappa shape index (κ3) is 1.45. The fourth-order valence-electron chi connectivity index (χ4n) is 2.05. The molecule has 0 bridgehead atoms. The Hall–Kier alpha value is -1.90. The number of allylic oxidation sites excluding steroid dienone is 1. The summed E-state index contributed by atoms with van der Waals surface area (Å²) in [7, 11) is 2.02. The molecule has 0 spiro atoms. The molecule has 0 amide bonds. The highest BCUT2D eigenvalue weighted by Crippen LogP contribution is 2.23. The lowest BCUT2D eigenvalue weighted by Crippen LogP contribution is -1.94. The molecule has 0 fully saturated rings. The van der Waals surface area contributed by atoms with Gasteiger partial charge in [-0.2, -0.15) is 0 Å². The van der Waals surface area contributed by atoms with Gasteiger partial charge in [-0.1, -0.05) is 12.1 Å². The highest BCUT2D eigenvalue weighted by molar-refractivity contribution is 5.86. The molecule has 0 unspecified atom stereocenters. The Kier molecular flexibility index (Phi) is 2.10. The van der Waals surface area contributed by atoms with Crippen LogP contribution in [0.5, 0.6) is 0 Å². The van der Waals surface area contributed by atoms with E-state index in [1.807, 2.05) is 19.6 Å². The number of nitrogens with zero attached hydrogens (tertiary/aromatic N) is 3. The average Bonchev–Trinajstić information content (AvgIpc) is 2.72. The predicted molar refractivity (Wildman–Crippen MR) is 66.7 cm³/mol. The Labute approximate surface area is 94.1 Å². The maximum absolute atomic E-state index is 4.32. The van der Waals surface area contributed by atoms with Gasteiger partial charge < -0.3 is 4.57 Å². The first-order chi connectivity index (χ1) is 7.84. The minimum atomic E-state index is 0.804. The first-order valence-corrected chi connectivity index (χ1v) is 5.43. The minimum Gasteiger partial charge on any atom is -0.334 e. The van der Waals surface area contributed by atoms with Crippen LogP contribution in [0.2, 0.25) is 0 Å². The molecule has 0 N–H and O–H groups in total. The zero-order valence-electron chi connectivity index (χ0n) is 9.22. The van der Waals surface area contributed by atoms with E-state index in [-0.39, 0.29) is 0 Å². The number of aryl methyl sites for hydroxylation is 1. The van der Waals surface area contributed by atoms with Crippen LogP contribution in [0, 0.1) is 0 Å². The van der Waals surface area contributed by atoms with E-state index in [0.717, 1.165) is 18.5 Å². The van der Waals surface area contributed by atoms with Crippen molar-refractivity contribution in [3.05, 3.63) is 36.2 Å². The molecule has 1 aliphatic rings. The summed E-state index contributed by atoms with van der Waals surface area (Å²) in [6.07, 6.45) is 6.97. The van der Waals surface area contributed by atoms with Crippen LogP contribution in [-0.4, -0.2) is 22.3 Å². The van der Waals surface area contributed by atoms with Gasteiger partial charge in [0.15, 0.2) is 0 Å². The molecule has 0 radical (unpaired) electrons. The summed E-state index contributed by atoms with van der Waals surface area (Å²) in [5.74, 6) is 0. The second kappa shape index (κ2) is 3.59. The van der Waals surface area contributed by atoms with Crippen LogP contribution in [0.15, 0.2) is 35.6 Å². The summed E-state index contributed by atoms with van der Waals surface area (Å²) in [6, 6.07) is 6.42. The molecule has 1 aromatic carbocycles. The number of aliphatic imine (C=N–C) groups is 1. The molecule has 2 heterocycles. The maximum atomic E-state index is 4.32. The minimum absolute atomic E-state index is 0.804. The molecule has 3 heteroatoms. The molecule has 2 aromatic rings. The fraction of sp³-hybridized carbons (Fsp3) is 0.231. The Morgan fingerprint density at radius 2 is 2.25 bits per heavy atom. The summed E-state index contributed by atoms with van der Waals surface area (Å²) < 4.78 is 2.05. The van der Waals surface area contributed by atoms with Gasteiger partial charge in [0.1, 0.15) is 0 Å². The molecule has 1 aromatic heterocycles. The highest BCUT2D eigenvalue weighted by Gasteiger charge is 2.06. The third-order valence-electron chi connectivity index (χ3n) is 2.98. The number of fused-ring (bicyclic) bond motifs is 1. The molecule has 0 atom stereocenters. The third-order valence-corrected chi connectivity index (χ3v) is 2.98. The molecule has 3 rings (SSSR count). The van der Waals surface area contributed by atoms with E-state index >= 15 is 0 Å². The highest BCUT2D eigenvalue weighted by atomic mass is 15.0. The van der Waals surface area contributed by atoms with Crippen molar-refractivity contribution in [3.8, 4) is 0 Å². The molecule has 0 aliphatic carbocycles. The molecule has 0 saturated heterocycles. The summed E-state index contributed by atoms with van der Waals surface area (Å²) in [5, 5.41) is 0. The van der Waals surface area contributed by atoms with Crippen molar-refractivity contribution in [2.45, 2.75) is 6.42 Å². The maximum Gasteiger partial charge on any atom is 0.0955 e. The van der Waals surface area contributed by atoms with E-state index in [0.29, 0.717) is 0 Å². The predicted octanol–water partition coefficient (Wildman–Crippen LogP) is 2.43. The van der Waals surface area contributed by atoms with Crippen molar-refractivity contribution < 1.29 is 0 Å². The van der Waals surface area contributed by atoms with Gasteiger partial charge in [-0.15, -0.1) is 0 Å². The lowest BCUT2D eigenvalue weighted by molar-refractivity contribution is 0.947. The van der Waals surface area contributed by atoms with Gasteiger partial charge in [-0.3, -0.25) is 4.99 Å². The number of rotatable bonds is 1. The molecule has 16 heavy (non-hydrogen) atoms. The van der Waals surface area contributed by atoms with Crippen LogP contribution in [0.25, 0.3) is 16.6 Å². The number of hydrogen-bond donors (Lipinski definition) is 0. The van der Waals surface area contributed by atoms with E-state index in [1.54, 1.807) is 0 Å². The molecule has 0 saturated carbocycles. The van der Waals surface area contributed by atoms with Gasteiger partial charge in [0.25, 0.3) is 0 Å². The summed E-state index contributed by atoms with van der Waals surface area (Å²) in [5.41, 5.74) is 4.87. The van der Waals surface area contributed by atoms with Gasteiger partial charge in [0.2, 0.25) is 0 Å². The second-order valence-corrected chi connectivity index (χ2v) is 4.04. The number of dihydropyridines is 1. The van der Waals surface area contributed by atoms with Gasteiger partial charge in [0.05, 0.1) is 23.9 Å². The van der Waals surface area contributed by atoms with Crippen molar-refractivity contribution in [2.75, 3.05) is 6.54 Å². The molecule has 80 valence electrons. The first-order valence-electron chi connectivity index (χ1n) is 5.43. The lowest BCUT2D eigenvalue weighted by atomic mass is 10.0. The van der Waals surface area contributed by atoms with Gasteiger partial charge >= 0.3 is 0 Å². The summed E-state index contributed by atoms with van der Waals surface area (Å²) in [4.78, 5) is 8.53. The SMILES string of the molecule is Cn1cnc2ccc(C3=CCN=CC3)cc21. The largest absolute Gasteiger partial charge is 0.334 e. The van der Waals surface area contributed by atoms with E-state index in [1.165, 1.54) is 16.7 Å². The zero-order valence-corrected chi connectivity index (χ0v) is 9.22. The number of imidazole rings is 1. The van der Waals surface area contributed by atoms with Crippen molar-refractivity contribution >= 4 is 22.8 Å². The first kappa shape index (κ1) is 9.33. The van der Waals surface area contributed by atoms with Crippen LogP contribution >= 0.6 is 0 Å². The van der Waals surface area contributed by atoms with Crippen molar-refractivity contribution in [2.24, 2.45) is 12.0 Å². The molecular formula is C13H13N3. The number of benzene rings is 1. The van der Waals surface area contributed by atoms with Crippen LogP contribution in [0.4, 0.5) is 0 Å². The lowest BCUT2D eigenvalue weighted by Gasteiger charge is -2.08. The molecule has 3 nitrogen and oxygen atoms in total. The molecular weight excluding hydrogens is 198 g/mol. The Balaban J connectivity index is 2.10. The average molecular weight is 211 g/mol. The summed E-state index contributed by atoms with van der Waals surface area (Å²) in [6.45, 7) is 0.804.